The van der Waals surface area contributed by atoms with Crippen LogP contribution in [0.1, 0.15) is 49.7 Å². The number of carbonyl (C=O) groups excluding carboxylic acids is 2. The highest BCUT2D eigenvalue weighted by atomic mass is 79.9. The van der Waals surface area contributed by atoms with E-state index in [0.29, 0.717) is 52.1 Å². The van der Waals surface area contributed by atoms with Crippen LogP contribution < -0.4 is 14.8 Å². The van der Waals surface area contributed by atoms with Crippen LogP contribution in [0.2, 0.25) is 0 Å². The summed E-state index contributed by atoms with van der Waals surface area (Å²) in [7, 11) is 0. The van der Waals surface area contributed by atoms with E-state index in [0.717, 1.165) is 11.3 Å². The highest BCUT2D eigenvalue weighted by Crippen LogP contribution is 2.48. The number of phenolic OH excluding ortho intramolecular Hbond substituents is 1. The molecule has 2 aliphatic rings. The predicted octanol–water partition coefficient (Wildman–Crippen LogP) is 6.54. The van der Waals surface area contributed by atoms with Gasteiger partial charge in [-0.15, -0.1) is 0 Å². The average molecular weight is 619 g/mol. The SMILES string of the molecule is CCOc1cc([C@@H]2C(C(=O)OCCOc3ccccc3)=C(C)NC3=C2C(=O)C[C@H](c2ccccc2)C3)cc(Br)c1O. The summed E-state index contributed by atoms with van der Waals surface area (Å²) >= 11 is 3.43. The number of phenols is 1. The van der Waals surface area contributed by atoms with Crippen molar-refractivity contribution in [1.82, 2.24) is 5.32 Å². The van der Waals surface area contributed by atoms with Crippen molar-refractivity contribution in [3.8, 4) is 17.2 Å². The third-order valence-electron chi connectivity index (χ3n) is 7.33. The van der Waals surface area contributed by atoms with E-state index in [2.05, 4.69) is 21.2 Å². The lowest BCUT2D eigenvalue weighted by Gasteiger charge is -2.37. The molecule has 5 rings (SSSR count). The van der Waals surface area contributed by atoms with Gasteiger partial charge in [0.15, 0.2) is 17.3 Å². The first kappa shape index (κ1) is 28.5. The van der Waals surface area contributed by atoms with Gasteiger partial charge >= 0.3 is 5.97 Å². The van der Waals surface area contributed by atoms with Crippen LogP contribution in [0.3, 0.4) is 0 Å². The Bertz CT molecular complexity index is 1500. The number of para-hydroxylation sites is 1. The second-order valence-electron chi connectivity index (χ2n) is 10.0. The third-order valence-corrected chi connectivity index (χ3v) is 7.94. The molecule has 0 bridgehead atoms. The fourth-order valence-electron chi connectivity index (χ4n) is 5.52. The van der Waals surface area contributed by atoms with Gasteiger partial charge in [-0.1, -0.05) is 48.5 Å². The molecule has 3 aromatic carbocycles. The van der Waals surface area contributed by atoms with E-state index in [4.69, 9.17) is 14.2 Å². The number of nitrogens with one attached hydrogen (secondary N) is 1. The lowest BCUT2D eigenvalue weighted by molar-refractivity contribution is -0.140. The van der Waals surface area contributed by atoms with Crippen molar-refractivity contribution >= 4 is 27.7 Å². The molecule has 0 saturated carbocycles. The van der Waals surface area contributed by atoms with Gasteiger partial charge in [-0.3, -0.25) is 4.79 Å². The number of ether oxygens (including phenoxy) is 3. The smallest absolute Gasteiger partial charge is 0.336 e. The van der Waals surface area contributed by atoms with Gasteiger partial charge in [0.25, 0.3) is 0 Å². The molecular formula is C33H32BrNO6. The number of benzene rings is 3. The van der Waals surface area contributed by atoms with Gasteiger partial charge in [-0.25, -0.2) is 4.79 Å². The van der Waals surface area contributed by atoms with Crippen LogP contribution in [-0.2, 0) is 14.3 Å². The highest BCUT2D eigenvalue weighted by Gasteiger charge is 2.42. The monoisotopic (exact) mass is 617 g/mol. The maximum atomic E-state index is 13.9. The van der Waals surface area contributed by atoms with Crippen molar-refractivity contribution in [2.45, 2.75) is 38.5 Å². The first-order valence-corrected chi connectivity index (χ1v) is 14.5. The topological polar surface area (TPSA) is 94.1 Å². The average Bonchev–Trinajstić information content (AvgIpc) is 2.97. The molecule has 0 saturated heterocycles. The van der Waals surface area contributed by atoms with E-state index in [-0.39, 0.29) is 36.4 Å². The summed E-state index contributed by atoms with van der Waals surface area (Å²) in [5.41, 5.74) is 4.04. The summed E-state index contributed by atoms with van der Waals surface area (Å²) < 4.78 is 17.5. The summed E-state index contributed by atoms with van der Waals surface area (Å²) in [6.07, 6.45) is 0.953. The first-order chi connectivity index (χ1) is 19.9. The zero-order valence-corrected chi connectivity index (χ0v) is 24.6. The number of halogens is 1. The summed E-state index contributed by atoms with van der Waals surface area (Å²) in [5.74, 6) is -0.338. The molecular weight excluding hydrogens is 586 g/mol. The van der Waals surface area contributed by atoms with Gasteiger partial charge in [0.05, 0.1) is 16.7 Å². The van der Waals surface area contributed by atoms with Crippen molar-refractivity contribution < 1.29 is 28.9 Å². The molecule has 0 unspecified atom stereocenters. The number of dihydropyridines is 1. The lowest BCUT2D eigenvalue weighted by Crippen LogP contribution is -2.36. The Morgan fingerprint density at radius 1 is 0.976 bits per heavy atom. The van der Waals surface area contributed by atoms with Gasteiger partial charge in [0.2, 0.25) is 0 Å². The summed E-state index contributed by atoms with van der Waals surface area (Å²) in [6.45, 7) is 4.21. The van der Waals surface area contributed by atoms with E-state index in [9.17, 15) is 14.7 Å². The van der Waals surface area contributed by atoms with Gasteiger partial charge < -0.3 is 24.6 Å². The second kappa shape index (κ2) is 12.6. The summed E-state index contributed by atoms with van der Waals surface area (Å²) in [6, 6.07) is 22.7. The Balaban J connectivity index is 1.48. The van der Waals surface area contributed by atoms with Crippen LogP contribution in [0, 0.1) is 0 Å². The zero-order chi connectivity index (χ0) is 28.9. The molecule has 0 fully saturated rings. The summed E-state index contributed by atoms with van der Waals surface area (Å²) in [5, 5.41) is 14.0. The number of hydrogen-bond acceptors (Lipinski definition) is 7. The molecule has 3 aromatic rings. The maximum Gasteiger partial charge on any atom is 0.336 e. The Kier molecular flexibility index (Phi) is 8.78. The molecule has 0 spiro atoms. The molecule has 1 aliphatic carbocycles. The van der Waals surface area contributed by atoms with Crippen molar-refractivity contribution in [3.05, 3.63) is 111 Å². The van der Waals surface area contributed by atoms with Crippen molar-refractivity contribution in [3.63, 3.8) is 0 Å². The first-order valence-electron chi connectivity index (χ1n) is 13.7. The van der Waals surface area contributed by atoms with Crippen molar-refractivity contribution in [2.75, 3.05) is 19.8 Å². The minimum atomic E-state index is -0.700. The molecule has 7 nitrogen and oxygen atoms in total. The Morgan fingerprint density at radius 3 is 2.39 bits per heavy atom. The Labute approximate surface area is 248 Å². The number of hydrogen-bond donors (Lipinski definition) is 2. The molecule has 212 valence electrons. The Hall–Kier alpha value is -4.04. The fourth-order valence-corrected chi connectivity index (χ4v) is 5.98. The van der Waals surface area contributed by atoms with E-state index in [1.807, 2.05) is 74.5 Å². The molecule has 1 heterocycles. The van der Waals surface area contributed by atoms with Crippen LogP contribution in [0.25, 0.3) is 0 Å². The molecule has 2 N–H and O–H groups in total. The molecule has 41 heavy (non-hydrogen) atoms. The van der Waals surface area contributed by atoms with E-state index < -0.39 is 11.9 Å². The third kappa shape index (κ3) is 6.17. The number of allylic oxidation sites excluding steroid dienone is 3. The number of rotatable bonds is 9. The lowest BCUT2D eigenvalue weighted by atomic mass is 9.71. The van der Waals surface area contributed by atoms with Crippen LogP contribution in [0.5, 0.6) is 17.2 Å². The van der Waals surface area contributed by atoms with E-state index in [1.54, 1.807) is 12.1 Å². The van der Waals surface area contributed by atoms with Crippen LogP contribution in [0.15, 0.2) is 99.8 Å². The van der Waals surface area contributed by atoms with Crippen LogP contribution >= 0.6 is 15.9 Å². The normalized spacial score (nSPS) is 18.5. The van der Waals surface area contributed by atoms with Gasteiger partial charge in [0.1, 0.15) is 19.0 Å². The molecule has 2 atom stereocenters. The number of aromatic hydroxyl groups is 1. The quantitative estimate of drug-likeness (QED) is 0.208. The Morgan fingerprint density at radius 2 is 1.68 bits per heavy atom. The fraction of sp³-hybridized carbons (Fsp3) is 0.273. The highest BCUT2D eigenvalue weighted by molar-refractivity contribution is 9.10. The van der Waals surface area contributed by atoms with Gasteiger partial charge in [0, 0.05) is 29.3 Å². The minimum Gasteiger partial charge on any atom is -0.503 e. The standard InChI is InChI=1S/C33H32BrNO6/c1-3-39-28-19-23(16-25(34)32(28)37)30-29(33(38)41-15-14-40-24-12-8-5-9-13-24)20(2)35-26-17-22(18-27(36)31(26)30)21-10-6-4-7-11-21/h4-13,16,19,22,30,35,37H,3,14-15,17-18H2,1-2H3/t22-,30-/m1/s1. The summed E-state index contributed by atoms with van der Waals surface area (Å²) in [4.78, 5) is 27.5. The van der Waals surface area contributed by atoms with Gasteiger partial charge in [-0.05, 0) is 77.5 Å². The number of esters is 1. The van der Waals surface area contributed by atoms with Gasteiger partial charge in [-0.2, -0.15) is 0 Å². The number of carbonyl (C=O) groups is 2. The minimum absolute atomic E-state index is 0.0255. The van der Waals surface area contributed by atoms with Crippen LogP contribution in [-0.4, -0.2) is 36.7 Å². The molecule has 0 radical (unpaired) electrons. The van der Waals surface area contributed by atoms with Crippen molar-refractivity contribution in [1.29, 1.82) is 0 Å². The zero-order valence-electron chi connectivity index (χ0n) is 23.0. The molecule has 0 aromatic heterocycles. The number of Topliss-reactive ketones (excluding diaryl/α,β-unsaturated/α-hetero) is 1. The van der Waals surface area contributed by atoms with E-state index in [1.165, 1.54) is 0 Å². The maximum absolute atomic E-state index is 13.9. The molecule has 8 heteroatoms. The largest absolute Gasteiger partial charge is 0.503 e. The van der Waals surface area contributed by atoms with E-state index >= 15 is 0 Å². The second-order valence-corrected chi connectivity index (χ2v) is 10.9. The van der Waals surface area contributed by atoms with Crippen LogP contribution in [0.4, 0.5) is 0 Å². The molecule has 0 amide bonds. The predicted molar refractivity (Wildman–Crippen MR) is 159 cm³/mol. The van der Waals surface area contributed by atoms with Crippen molar-refractivity contribution in [2.24, 2.45) is 0 Å². The molecule has 1 aliphatic heterocycles. The number of ketones is 1.